The lowest BCUT2D eigenvalue weighted by Crippen LogP contribution is -2.44. The molecule has 22 heavy (non-hydrogen) atoms. The van der Waals surface area contributed by atoms with E-state index in [2.05, 4.69) is 5.32 Å². The predicted octanol–water partition coefficient (Wildman–Crippen LogP) is 0.221. The summed E-state index contributed by atoms with van der Waals surface area (Å²) in [5, 5.41) is 11.2. The largest absolute Gasteiger partial charge is 0.480 e. The molecule has 1 unspecified atom stereocenters. The van der Waals surface area contributed by atoms with Crippen molar-refractivity contribution >= 4 is 22.0 Å². The van der Waals surface area contributed by atoms with E-state index in [0.29, 0.717) is 5.56 Å². The third kappa shape index (κ3) is 5.80. The second-order valence-electron chi connectivity index (χ2n) is 4.50. The molecule has 1 amide bonds. The molecule has 2 atom stereocenters. The molecule has 1 aromatic rings. The van der Waals surface area contributed by atoms with Crippen LogP contribution < -0.4 is 5.32 Å². The van der Waals surface area contributed by atoms with E-state index in [4.69, 9.17) is 14.4 Å². The lowest BCUT2D eigenvalue weighted by molar-refractivity contribution is -0.144. The van der Waals surface area contributed by atoms with Crippen LogP contribution in [0.5, 0.6) is 0 Å². The van der Waals surface area contributed by atoms with Gasteiger partial charge in [-0.05, 0) is 12.0 Å². The highest BCUT2D eigenvalue weighted by Gasteiger charge is 2.27. The second-order valence-corrected chi connectivity index (χ2v) is 6.07. The van der Waals surface area contributed by atoms with Crippen molar-refractivity contribution < 1.29 is 32.4 Å². The van der Waals surface area contributed by atoms with Crippen LogP contribution in [0.4, 0.5) is 0 Å². The predicted molar refractivity (Wildman–Crippen MR) is 76.8 cm³/mol. The summed E-state index contributed by atoms with van der Waals surface area (Å²) in [4.78, 5) is 23.2. The Morgan fingerprint density at radius 2 is 1.86 bits per heavy atom. The van der Waals surface area contributed by atoms with Crippen molar-refractivity contribution in [2.75, 3.05) is 12.9 Å². The van der Waals surface area contributed by atoms with Crippen LogP contribution in [0.2, 0.25) is 0 Å². The molecule has 3 N–H and O–H groups in total. The number of amides is 1. The first-order valence-electron chi connectivity index (χ1n) is 6.30. The molecule has 0 aliphatic heterocycles. The highest BCUT2D eigenvalue weighted by molar-refractivity contribution is 7.85. The summed E-state index contributed by atoms with van der Waals surface area (Å²) in [6.45, 7) is 0. The monoisotopic (exact) mass is 331 g/mol. The Bertz CT molecular complexity index is 615. The van der Waals surface area contributed by atoms with Gasteiger partial charge < -0.3 is 15.2 Å². The number of carboxylic acid groups (broad SMARTS) is 1. The first kappa shape index (κ1) is 18.1. The van der Waals surface area contributed by atoms with Gasteiger partial charge in [-0.3, -0.25) is 9.35 Å². The average molecular weight is 331 g/mol. The van der Waals surface area contributed by atoms with E-state index in [0.717, 1.165) is 0 Å². The van der Waals surface area contributed by atoms with Gasteiger partial charge in [-0.1, -0.05) is 30.3 Å². The summed E-state index contributed by atoms with van der Waals surface area (Å²) in [6, 6.07) is 6.98. The van der Waals surface area contributed by atoms with Crippen molar-refractivity contribution in [3.05, 3.63) is 35.9 Å². The van der Waals surface area contributed by atoms with Crippen LogP contribution in [0.15, 0.2) is 30.3 Å². The SMILES string of the molecule is COC(C(=O)N[C@@H](CCS(=O)(=O)O)C(=O)O)c1ccccc1. The average Bonchev–Trinajstić information content (AvgIpc) is 2.44. The van der Waals surface area contributed by atoms with Crippen LogP contribution in [-0.2, 0) is 24.4 Å². The van der Waals surface area contributed by atoms with Crippen LogP contribution in [-0.4, -0.2) is 48.9 Å². The van der Waals surface area contributed by atoms with Crippen LogP contribution >= 0.6 is 0 Å². The van der Waals surface area contributed by atoms with Crippen molar-refractivity contribution in [3.8, 4) is 0 Å². The zero-order valence-corrected chi connectivity index (χ0v) is 12.6. The van der Waals surface area contributed by atoms with Gasteiger partial charge in [0.1, 0.15) is 6.04 Å². The maximum atomic E-state index is 12.1. The minimum atomic E-state index is -4.31. The molecule has 0 bridgehead atoms. The molecule has 1 rings (SSSR count). The number of carbonyl (C=O) groups is 2. The molecule has 0 fully saturated rings. The molecule has 0 saturated carbocycles. The Morgan fingerprint density at radius 3 is 2.32 bits per heavy atom. The maximum absolute atomic E-state index is 12.1. The third-order valence-corrected chi connectivity index (χ3v) is 3.61. The quantitative estimate of drug-likeness (QED) is 0.581. The Balaban J connectivity index is 2.79. The van der Waals surface area contributed by atoms with Crippen LogP contribution in [0.3, 0.4) is 0 Å². The van der Waals surface area contributed by atoms with Crippen molar-refractivity contribution in [3.63, 3.8) is 0 Å². The topological polar surface area (TPSA) is 130 Å². The maximum Gasteiger partial charge on any atom is 0.326 e. The molecule has 0 heterocycles. The summed E-state index contributed by atoms with van der Waals surface area (Å²) in [6.07, 6.45) is -1.47. The molecular weight excluding hydrogens is 314 g/mol. The van der Waals surface area contributed by atoms with Gasteiger partial charge in [0.05, 0.1) is 5.75 Å². The van der Waals surface area contributed by atoms with Gasteiger partial charge in [0, 0.05) is 7.11 Å². The zero-order chi connectivity index (χ0) is 16.8. The molecule has 122 valence electrons. The number of methoxy groups -OCH3 is 1. The Kier molecular flexibility index (Phi) is 6.47. The molecule has 0 radical (unpaired) electrons. The van der Waals surface area contributed by atoms with Gasteiger partial charge in [-0.25, -0.2) is 4.79 Å². The Labute approximate surface area is 127 Å². The molecule has 0 aliphatic rings. The fourth-order valence-electron chi connectivity index (χ4n) is 1.79. The van der Waals surface area contributed by atoms with E-state index in [-0.39, 0.29) is 0 Å². The van der Waals surface area contributed by atoms with Gasteiger partial charge in [0.25, 0.3) is 16.0 Å². The molecule has 0 spiro atoms. The van der Waals surface area contributed by atoms with Crippen LogP contribution in [0, 0.1) is 0 Å². The number of rotatable bonds is 8. The number of carbonyl (C=O) groups excluding carboxylic acids is 1. The van der Waals surface area contributed by atoms with E-state index in [1.165, 1.54) is 7.11 Å². The van der Waals surface area contributed by atoms with E-state index < -0.39 is 46.3 Å². The number of carboxylic acids is 1. The summed E-state index contributed by atoms with van der Waals surface area (Å²) >= 11 is 0. The summed E-state index contributed by atoms with van der Waals surface area (Å²) in [5.41, 5.74) is 0.529. The number of hydrogen-bond donors (Lipinski definition) is 3. The van der Waals surface area contributed by atoms with Gasteiger partial charge in [0.2, 0.25) is 0 Å². The Hall–Kier alpha value is -1.97. The number of aliphatic carboxylic acids is 1. The second kappa shape index (κ2) is 7.87. The molecule has 1 aromatic carbocycles. The van der Waals surface area contributed by atoms with E-state index >= 15 is 0 Å². The zero-order valence-electron chi connectivity index (χ0n) is 11.8. The van der Waals surface area contributed by atoms with E-state index in [1.807, 2.05) is 0 Å². The number of ether oxygens (including phenoxy) is 1. The van der Waals surface area contributed by atoms with Crippen LogP contribution in [0.1, 0.15) is 18.1 Å². The van der Waals surface area contributed by atoms with Gasteiger partial charge >= 0.3 is 5.97 Å². The molecule has 0 aromatic heterocycles. The van der Waals surface area contributed by atoms with E-state index in [9.17, 15) is 18.0 Å². The normalized spacial score (nSPS) is 14.1. The first-order valence-corrected chi connectivity index (χ1v) is 7.91. The molecule has 8 nitrogen and oxygen atoms in total. The minimum Gasteiger partial charge on any atom is -0.480 e. The minimum absolute atomic E-state index is 0.453. The standard InChI is InChI=1S/C13H17NO7S/c1-21-11(9-5-3-2-4-6-9)12(15)14-10(13(16)17)7-8-22(18,19)20/h2-6,10-11H,7-8H2,1H3,(H,14,15)(H,16,17)(H,18,19,20)/t10-,11?/m0/s1. The van der Waals surface area contributed by atoms with Crippen molar-refractivity contribution in [2.24, 2.45) is 0 Å². The fraction of sp³-hybridized carbons (Fsp3) is 0.385. The number of benzene rings is 1. The third-order valence-electron chi connectivity index (χ3n) is 2.86. The smallest absolute Gasteiger partial charge is 0.326 e. The molecule has 0 aliphatic carbocycles. The summed E-state index contributed by atoms with van der Waals surface area (Å²) in [7, 11) is -3.02. The Morgan fingerprint density at radius 1 is 1.27 bits per heavy atom. The highest BCUT2D eigenvalue weighted by Crippen LogP contribution is 2.16. The van der Waals surface area contributed by atoms with Gasteiger partial charge in [-0.15, -0.1) is 0 Å². The fourth-order valence-corrected chi connectivity index (χ4v) is 2.33. The first-order chi connectivity index (χ1) is 10.2. The molecular formula is C13H17NO7S. The van der Waals surface area contributed by atoms with Crippen molar-refractivity contribution in [1.82, 2.24) is 5.32 Å². The van der Waals surface area contributed by atoms with Crippen molar-refractivity contribution in [1.29, 1.82) is 0 Å². The van der Waals surface area contributed by atoms with Gasteiger partial charge in [0.15, 0.2) is 6.10 Å². The van der Waals surface area contributed by atoms with Crippen LogP contribution in [0.25, 0.3) is 0 Å². The lowest BCUT2D eigenvalue weighted by Gasteiger charge is -2.19. The number of nitrogens with one attached hydrogen (secondary N) is 1. The summed E-state index contributed by atoms with van der Waals surface area (Å²) < 4.78 is 35.1. The van der Waals surface area contributed by atoms with Crippen molar-refractivity contribution in [2.45, 2.75) is 18.6 Å². The summed E-state index contributed by atoms with van der Waals surface area (Å²) in [5.74, 6) is -2.89. The van der Waals surface area contributed by atoms with Gasteiger partial charge in [-0.2, -0.15) is 8.42 Å². The molecule has 0 saturated heterocycles. The lowest BCUT2D eigenvalue weighted by atomic mass is 10.1. The molecule has 9 heteroatoms. The highest BCUT2D eigenvalue weighted by atomic mass is 32.2. The number of hydrogen-bond acceptors (Lipinski definition) is 5. The van der Waals surface area contributed by atoms with E-state index in [1.54, 1.807) is 30.3 Å².